The fourth-order valence-corrected chi connectivity index (χ4v) is 6.11. The number of carbonyl (C=O) groups is 5. The van der Waals surface area contributed by atoms with Crippen LogP contribution in [0.25, 0.3) is 0 Å². The number of halogens is 1. The molecular formula is C25H31ClN2O6S. The molecule has 1 aromatic carbocycles. The average molecular weight is 523 g/mol. The summed E-state index contributed by atoms with van der Waals surface area (Å²) in [6, 6.07) is 4.58. The Labute approximate surface area is 214 Å². The zero-order valence-corrected chi connectivity index (χ0v) is 21.1. The summed E-state index contributed by atoms with van der Waals surface area (Å²) in [5.74, 6) is 0.268. The van der Waals surface area contributed by atoms with E-state index in [1.807, 2.05) is 11.8 Å². The smallest absolute Gasteiger partial charge is 0.315 e. The standard InChI is InChI=1S/C25H31ClN2O6S/c26-19-10-9-16(22(32)14-29)13-18(19)21(31)7-4-12-34-11-3-6-17(30)5-1-2-8-23-24-20(15-35-23)27-25(33)28-24/h9-10,13-14,20,23-24H,1-8,11-12,15H2,(H2,27,28,33). The summed E-state index contributed by atoms with van der Waals surface area (Å²) in [5, 5.41) is 6.59. The third kappa shape index (κ3) is 8.15. The second kappa shape index (κ2) is 13.8. The van der Waals surface area contributed by atoms with E-state index in [1.54, 1.807) is 0 Å². The van der Waals surface area contributed by atoms with Crippen molar-refractivity contribution in [2.24, 2.45) is 0 Å². The van der Waals surface area contributed by atoms with Crippen LogP contribution in [0, 0.1) is 0 Å². The minimum atomic E-state index is -0.698. The van der Waals surface area contributed by atoms with E-state index in [9.17, 15) is 24.0 Å². The Kier molecular flexibility index (Phi) is 10.7. The topological polar surface area (TPSA) is 119 Å². The molecule has 2 N–H and O–H groups in total. The molecule has 1 aromatic rings. The van der Waals surface area contributed by atoms with Crippen LogP contribution in [0.1, 0.15) is 72.1 Å². The lowest BCUT2D eigenvalue weighted by molar-refractivity contribution is -0.119. The van der Waals surface area contributed by atoms with E-state index in [0.717, 1.165) is 25.0 Å². The third-order valence-electron chi connectivity index (χ3n) is 6.23. The molecule has 0 radical (unpaired) electrons. The van der Waals surface area contributed by atoms with E-state index in [2.05, 4.69) is 10.6 Å². The van der Waals surface area contributed by atoms with Crippen LogP contribution in [0.3, 0.4) is 0 Å². The molecule has 2 fully saturated rings. The molecule has 3 rings (SSSR count). The normalized spacial score (nSPS) is 20.7. The van der Waals surface area contributed by atoms with Gasteiger partial charge >= 0.3 is 6.03 Å². The summed E-state index contributed by atoms with van der Waals surface area (Å²) in [5.41, 5.74) is 0.361. The van der Waals surface area contributed by atoms with Crippen LogP contribution in [-0.4, -0.2) is 66.0 Å². The molecule has 3 unspecified atom stereocenters. The van der Waals surface area contributed by atoms with Crippen LogP contribution in [-0.2, 0) is 14.3 Å². The summed E-state index contributed by atoms with van der Waals surface area (Å²) >= 11 is 7.94. The van der Waals surface area contributed by atoms with Crippen LogP contribution < -0.4 is 10.6 Å². The van der Waals surface area contributed by atoms with E-state index >= 15 is 0 Å². The fourth-order valence-electron chi connectivity index (χ4n) is 4.34. The fraction of sp³-hybridized carbons (Fsp3) is 0.560. The van der Waals surface area contributed by atoms with Gasteiger partial charge in [-0.05, 0) is 43.9 Å². The van der Waals surface area contributed by atoms with Crippen LogP contribution in [0.5, 0.6) is 0 Å². The van der Waals surface area contributed by atoms with Gasteiger partial charge in [-0.1, -0.05) is 18.0 Å². The van der Waals surface area contributed by atoms with Gasteiger partial charge in [0.2, 0.25) is 5.78 Å². The Hall–Kier alpha value is -2.23. The molecule has 2 aliphatic heterocycles. The molecule has 2 amide bonds. The first-order valence-corrected chi connectivity index (χ1v) is 13.4. The van der Waals surface area contributed by atoms with Crippen LogP contribution in [0.4, 0.5) is 4.79 Å². The summed E-state index contributed by atoms with van der Waals surface area (Å²) in [6.07, 6.45) is 5.44. The Morgan fingerprint density at radius 2 is 1.80 bits per heavy atom. The first-order valence-electron chi connectivity index (χ1n) is 12.0. The zero-order valence-electron chi connectivity index (χ0n) is 19.6. The second-order valence-corrected chi connectivity index (χ2v) is 10.5. The van der Waals surface area contributed by atoms with E-state index in [0.29, 0.717) is 44.1 Å². The second-order valence-electron chi connectivity index (χ2n) is 8.83. The predicted octanol–water partition coefficient (Wildman–Crippen LogP) is 3.78. The number of aldehydes is 1. The molecule has 0 bridgehead atoms. The zero-order chi connectivity index (χ0) is 25.2. The van der Waals surface area contributed by atoms with E-state index in [1.165, 1.54) is 18.2 Å². The first-order chi connectivity index (χ1) is 16.9. The van der Waals surface area contributed by atoms with Gasteiger partial charge in [-0.3, -0.25) is 19.2 Å². The molecule has 8 nitrogen and oxygen atoms in total. The highest BCUT2D eigenvalue weighted by Gasteiger charge is 2.42. The molecule has 190 valence electrons. The molecule has 0 aromatic heterocycles. The number of unbranched alkanes of at least 4 members (excludes halogenated alkanes) is 1. The number of fused-ring (bicyclic) bond motifs is 1. The number of amides is 2. The number of thioether (sulfide) groups is 1. The lowest BCUT2D eigenvalue weighted by atomic mass is 10.0. The summed E-state index contributed by atoms with van der Waals surface area (Å²) < 4.78 is 5.54. The number of carbonyl (C=O) groups excluding carboxylic acids is 5. The molecule has 0 saturated carbocycles. The molecule has 35 heavy (non-hydrogen) atoms. The van der Waals surface area contributed by atoms with Crippen molar-refractivity contribution in [1.82, 2.24) is 10.6 Å². The van der Waals surface area contributed by atoms with Crippen molar-refractivity contribution in [3.05, 3.63) is 34.3 Å². The molecule has 3 atom stereocenters. The average Bonchev–Trinajstić information content (AvgIpc) is 3.40. The lowest BCUT2D eigenvalue weighted by Gasteiger charge is -2.16. The molecule has 2 aliphatic rings. The number of ether oxygens (including phenoxy) is 1. The summed E-state index contributed by atoms with van der Waals surface area (Å²) in [7, 11) is 0. The van der Waals surface area contributed by atoms with Gasteiger partial charge < -0.3 is 15.4 Å². The van der Waals surface area contributed by atoms with Gasteiger partial charge in [0.15, 0.2) is 12.1 Å². The molecule has 2 saturated heterocycles. The molecule has 10 heteroatoms. The van der Waals surface area contributed by atoms with Crippen molar-refractivity contribution in [1.29, 1.82) is 0 Å². The number of ketones is 3. The van der Waals surface area contributed by atoms with Crippen molar-refractivity contribution < 1.29 is 28.7 Å². The van der Waals surface area contributed by atoms with Gasteiger partial charge in [0.05, 0.1) is 17.1 Å². The van der Waals surface area contributed by atoms with Crippen molar-refractivity contribution >= 4 is 53.0 Å². The number of hydrogen-bond donors (Lipinski definition) is 2. The Morgan fingerprint density at radius 3 is 2.57 bits per heavy atom. The van der Waals surface area contributed by atoms with Crippen LogP contribution in [0.15, 0.2) is 18.2 Å². The van der Waals surface area contributed by atoms with Gasteiger partial charge in [0.1, 0.15) is 5.78 Å². The van der Waals surface area contributed by atoms with Crippen molar-refractivity contribution in [2.75, 3.05) is 19.0 Å². The highest BCUT2D eigenvalue weighted by molar-refractivity contribution is 8.00. The monoisotopic (exact) mass is 522 g/mol. The number of urea groups is 1. The highest BCUT2D eigenvalue weighted by atomic mass is 35.5. The SMILES string of the molecule is O=CC(=O)c1ccc(Cl)c(C(=O)CCCOCCCC(=O)CCCCC2SCC3NC(=O)NC32)c1. The van der Waals surface area contributed by atoms with E-state index in [4.69, 9.17) is 16.3 Å². The van der Waals surface area contributed by atoms with Crippen LogP contribution >= 0.6 is 23.4 Å². The molecule has 0 aliphatic carbocycles. The van der Waals surface area contributed by atoms with Gasteiger partial charge in [-0.25, -0.2) is 4.79 Å². The number of nitrogens with one attached hydrogen (secondary N) is 2. The molecular weight excluding hydrogens is 492 g/mol. The van der Waals surface area contributed by atoms with E-state index < -0.39 is 5.78 Å². The largest absolute Gasteiger partial charge is 0.381 e. The Balaban J connectivity index is 1.20. The predicted molar refractivity (Wildman–Crippen MR) is 134 cm³/mol. The maximum atomic E-state index is 12.4. The minimum Gasteiger partial charge on any atom is -0.381 e. The number of Topliss-reactive ketones (excluding diaryl/α,β-unsaturated/α-hetero) is 3. The summed E-state index contributed by atoms with van der Waals surface area (Å²) in [6.45, 7) is 0.843. The first kappa shape index (κ1) is 27.4. The molecule has 2 heterocycles. The number of hydrogen-bond acceptors (Lipinski definition) is 7. The minimum absolute atomic E-state index is 0.0720. The Bertz CT molecular complexity index is 956. The van der Waals surface area contributed by atoms with Crippen molar-refractivity contribution in [3.63, 3.8) is 0 Å². The quantitative estimate of drug-likeness (QED) is 0.111. The maximum Gasteiger partial charge on any atom is 0.315 e. The highest BCUT2D eigenvalue weighted by Crippen LogP contribution is 2.33. The maximum absolute atomic E-state index is 12.4. The Morgan fingerprint density at radius 1 is 1.06 bits per heavy atom. The van der Waals surface area contributed by atoms with Gasteiger partial charge in [-0.2, -0.15) is 11.8 Å². The molecule has 0 spiro atoms. The number of benzene rings is 1. The summed E-state index contributed by atoms with van der Waals surface area (Å²) in [4.78, 5) is 58.0. The van der Waals surface area contributed by atoms with Gasteiger partial charge in [0, 0.05) is 54.6 Å². The van der Waals surface area contributed by atoms with E-state index in [-0.39, 0.29) is 58.5 Å². The van der Waals surface area contributed by atoms with Gasteiger partial charge in [-0.15, -0.1) is 0 Å². The van der Waals surface area contributed by atoms with Crippen LogP contribution in [0.2, 0.25) is 5.02 Å². The third-order valence-corrected chi connectivity index (χ3v) is 8.07. The van der Waals surface area contributed by atoms with Crippen molar-refractivity contribution in [3.8, 4) is 0 Å². The number of rotatable bonds is 16. The van der Waals surface area contributed by atoms with Gasteiger partial charge in [0.25, 0.3) is 0 Å². The lowest BCUT2D eigenvalue weighted by Crippen LogP contribution is -2.36. The van der Waals surface area contributed by atoms with Crippen molar-refractivity contribution in [2.45, 2.75) is 68.7 Å².